The first-order chi connectivity index (χ1) is 12.2. The van der Waals surface area contributed by atoms with Crippen LogP contribution < -0.4 is 9.21 Å². The van der Waals surface area contributed by atoms with Gasteiger partial charge in [0.25, 0.3) is 0 Å². The minimum absolute atomic E-state index is 0.0452. The number of hydrogen-bond donors (Lipinski definition) is 0. The predicted octanol–water partition coefficient (Wildman–Crippen LogP) is 3.74. The Morgan fingerprint density at radius 1 is 1.23 bits per heavy atom. The maximum absolute atomic E-state index is 13.0. The number of carbonyl (C=O) groups excluding carboxylic acids is 1. The van der Waals surface area contributed by atoms with E-state index >= 15 is 0 Å². The van der Waals surface area contributed by atoms with E-state index in [9.17, 15) is 13.2 Å². The molecule has 0 radical (unpaired) electrons. The Balaban J connectivity index is 1.96. The molecule has 1 atom stereocenters. The molecule has 1 amide bonds. The lowest BCUT2D eigenvalue weighted by Crippen LogP contribution is -2.45. The van der Waals surface area contributed by atoms with E-state index in [-0.39, 0.29) is 29.2 Å². The van der Waals surface area contributed by atoms with Crippen LogP contribution in [0.15, 0.2) is 42.5 Å². The van der Waals surface area contributed by atoms with Crippen molar-refractivity contribution in [2.24, 2.45) is 0 Å². The quantitative estimate of drug-likeness (QED) is 0.768. The van der Waals surface area contributed by atoms with Gasteiger partial charge in [-0.2, -0.15) is 0 Å². The van der Waals surface area contributed by atoms with E-state index in [4.69, 9.17) is 23.2 Å². The van der Waals surface area contributed by atoms with E-state index in [0.29, 0.717) is 5.02 Å². The van der Waals surface area contributed by atoms with Crippen molar-refractivity contribution in [3.8, 4) is 0 Å². The molecule has 138 valence electrons. The second kappa shape index (κ2) is 7.10. The summed E-state index contributed by atoms with van der Waals surface area (Å²) in [5, 5.41) is 0.549. The average Bonchev–Trinajstić information content (AvgIpc) is 2.89. The Labute approximate surface area is 163 Å². The Morgan fingerprint density at radius 2 is 1.92 bits per heavy atom. The third-order valence-corrected chi connectivity index (χ3v) is 6.01. The van der Waals surface area contributed by atoms with Crippen LogP contribution in [0, 0.1) is 0 Å². The monoisotopic (exact) mass is 412 g/mol. The zero-order valence-electron chi connectivity index (χ0n) is 14.3. The third-order valence-electron chi connectivity index (χ3n) is 4.33. The number of para-hydroxylation sites is 1. The lowest BCUT2D eigenvalue weighted by molar-refractivity contribution is -0.117. The van der Waals surface area contributed by atoms with E-state index < -0.39 is 10.0 Å². The van der Waals surface area contributed by atoms with Crippen LogP contribution in [-0.4, -0.2) is 33.2 Å². The molecule has 2 aromatic carbocycles. The van der Waals surface area contributed by atoms with Crippen LogP contribution in [0.2, 0.25) is 10.0 Å². The fraction of sp³-hybridized carbons (Fsp3) is 0.278. The lowest BCUT2D eigenvalue weighted by Gasteiger charge is -2.28. The summed E-state index contributed by atoms with van der Waals surface area (Å²) in [4.78, 5) is 14.6. The maximum Gasteiger partial charge on any atom is 0.248 e. The topological polar surface area (TPSA) is 57.7 Å². The van der Waals surface area contributed by atoms with Crippen LogP contribution in [0.25, 0.3) is 0 Å². The van der Waals surface area contributed by atoms with Gasteiger partial charge in [-0.3, -0.25) is 9.10 Å². The van der Waals surface area contributed by atoms with Gasteiger partial charge in [0, 0.05) is 16.8 Å². The normalized spacial score (nSPS) is 16.5. The lowest BCUT2D eigenvalue weighted by atomic mass is 10.1. The standard InChI is InChI=1S/C18H18Cl2N2O3S/c1-12-9-13-5-3-4-6-16(13)22(12)18(23)11-21(26(2,24)25)17-10-14(19)7-8-15(17)20/h3-8,10,12H,9,11H2,1-2H3/t12-/m0/s1. The SMILES string of the molecule is C[C@H]1Cc2ccccc2N1C(=O)CN(c1cc(Cl)ccc1Cl)S(C)(=O)=O. The van der Waals surface area contributed by atoms with Crippen molar-refractivity contribution in [2.75, 3.05) is 22.0 Å². The number of hydrogen-bond acceptors (Lipinski definition) is 3. The predicted molar refractivity (Wildman–Crippen MR) is 106 cm³/mol. The third kappa shape index (κ3) is 3.68. The molecule has 0 unspecified atom stereocenters. The van der Waals surface area contributed by atoms with Crippen LogP contribution in [0.1, 0.15) is 12.5 Å². The second-order valence-corrected chi connectivity index (χ2v) is 9.06. The molecule has 0 fully saturated rings. The molecule has 0 bridgehead atoms. The number of anilines is 2. The number of nitrogens with zero attached hydrogens (tertiary/aromatic N) is 2. The maximum atomic E-state index is 13.0. The number of carbonyl (C=O) groups is 1. The number of halogens is 2. The number of rotatable bonds is 4. The van der Waals surface area contributed by atoms with E-state index in [1.54, 1.807) is 11.0 Å². The molecular formula is C18H18Cl2N2O3S. The fourth-order valence-electron chi connectivity index (χ4n) is 3.20. The van der Waals surface area contributed by atoms with Gasteiger partial charge in [0.2, 0.25) is 15.9 Å². The molecule has 1 aliphatic rings. The molecule has 0 saturated heterocycles. The van der Waals surface area contributed by atoms with Crippen LogP contribution >= 0.6 is 23.2 Å². The summed E-state index contributed by atoms with van der Waals surface area (Å²) < 4.78 is 25.6. The van der Waals surface area contributed by atoms with Crippen molar-refractivity contribution in [1.29, 1.82) is 0 Å². The van der Waals surface area contributed by atoms with Crippen molar-refractivity contribution in [2.45, 2.75) is 19.4 Å². The van der Waals surface area contributed by atoms with Crippen LogP contribution in [0.5, 0.6) is 0 Å². The molecular weight excluding hydrogens is 395 g/mol. The molecule has 26 heavy (non-hydrogen) atoms. The smallest absolute Gasteiger partial charge is 0.248 e. The first kappa shape index (κ1) is 19.0. The van der Waals surface area contributed by atoms with Gasteiger partial charge in [-0.25, -0.2) is 8.42 Å². The van der Waals surface area contributed by atoms with Gasteiger partial charge < -0.3 is 4.90 Å². The molecule has 0 spiro atoms. The molecule has 0 aromatic heterocycles. The van der Waals surface area contributed by atoms with Crippen LogP contribution in [0.4, 0.5) is 11.4 Å². The molecule has 0 aliphatic carbocycles. The number of fused-ring (bicyclic) bond motifs is 1. The van der Waals surface area contributed by atoms with E-state index in [1.807, 2.05) is 31.2 Å². The van der Waals surface area contributed by atoms with Crippen LogP contribution in [-0.2, 0) is 21.2 Å². The largest absolute Gasteiger partial charge is 0.307 e. The summed E-state index contributed by atoms with van der Waals surface area (Å²) in [5.74, 6) is -0.316. The van der Waals surface area contributed by atoms with Gasteiger partial charge in [0.15, 0.2) is 0 Å². The summed E-state index contributed by atoms with van der Waals surface area (Å²) in [5.41, 5.74) is 2.07. The molecule has 5 nitrogen and oxygen atoms in total. The van der Waals surface area contributed by atoms with Crippen LogP contribution in [0.3, 0.4) is 0 Å². The summed E-state index contributed by atoms with van der Waals surface area (Å²) in [6.07, 6.45) is 1.78. The fourth-order valence-corrected chi connectivity index (χ4v) is 4.49. The van der Waals surface area contributed by atoms with Gasteiger partial charge in [0.05, 0.1) is 17.0 Å². The van der Waals surface area contributed by atoms with E-state index in [1.165, 1.54) is 12.1 Å². The summed E-state index contributed by atoms with van der Waals surface area (Å²) in [6, 6.07) is 12.1. The minimum atomic E-state index is -3.73. The second-order valence-electron chi connectivity index (χ2n) is 6.31. The Kier molecular flexibility index (Phi) is 5.19. The van der Waals surface area contributed by atoms with Gasteiger partial charge >= 0.3 is 0 Å². The minimum Gasteiger partial charge on any atom is -0.307 e. The Morgan fingerprint density at radius 3 is 2.62 bits per heavy atom. The molecule has 3 rings (SSSR count). The van der Waals surface area contributed by atoms with Gasteiger partial charge in [0.1, 0.15) is 6.54 Å². The van der Waals surface area contributed by atoms with Crippen molar-refractivity contribution in [3.63, 3.8) is 0 Å². The van der Waals surface area contributed by atoms with E-state index in [2.05, 4.69) is 0 Å². The summed E-state index contributed by atoms with van der Waals surface area (Å²) >= 11 is 12.1. The van der Waals surface area contributed by atoms with Gasteiger partial charge in [-0.05, 0) is 43.2 Å². The first-order valence-corrected chi connectivity index (χ1v) is 10.6. The summed E-state index contributed by atoms with van der Waals surface area (Å²) in [6.45, 7) is 1.59. The zero-order chi connectivity index (χ0) is 19.1. The Bertz CT molecular complexity index is 963. The van der Waals surface area contributed by atoms with Crippen molar-refractivity contribution >= 4 is 50.5 Å². The molecule has 0 saturated carbocycles. The van der Waals surface area contributed by atoms with Gasteiger partial charge in [-0.15, -0.1) is 0 Å². The number of sulfonamides is 1. The Hall–Kier alpha value is -1.76. The van der Waals surface area contributed by atoms with Gasteiger partial charge in [-0.1, -0.05) is 41.4 Å². The highest BCUT2D eigenvalue weighted by Gasteiger charge is 2.33. The first-order valence-electron chi connectivity index (χ1n) is 8.01. The van der Waals surface area contributed by atoms with E-state index in [0.717, 1.165) is 28.2 Å². The highest BCUT2D eigenvalue weighted by atomic mass is 35.5. The zero-order valence-corrected chi connectivity index (χ0v) is 16.6. The highest BCUT2D eigenvalue weighted by Crippen LogP contribution is 2.34. The molecule has 8 heteroatoms. The molecule has 1 heterocycles. The van der Waals surface area contributed by atoms with Crippen molar-refractivity contribution in [1.82, 2.24) is 0 Å². The average molecular weight is 413 g/mol. The highest BCUT2D eigenvalue weighted by molar-refractivity contribution is 7.92. The van der Waals surface area contributed by atoms with Crippen molar-refractivity contribution < 1.29 is 13.2 Å². The van der Waals surface area contributed by atoms with Crippen molar-refractivity contribution in [3.05, 3.63) is 58.1 Å². The number of benzene rings is 2. The summed E-state index contributed by atoms with van der Waals surface area (Å²) in [7, 11) is -3.73. The molecule has 1 aliphatic heterocycles. The molecule has 0 N–H and O–H groups in total. The molecule has 2 aromatic rings. The number of amides is 1.